The Kier molecular flexibility index (Phi) is 3.42. The summed E-state index contributed by atoms with van der Waals surface area (Å²) in [6.45, 7) is 0. The Morgan fingerprint density at radius 3 is 1.78 bits per heavy atom. The zero-order valence-electron chi connectivity index (χ0n) is 7.95. The minimum absolute atomic E-state index is 0.0915. The first-order valence-corrected chi connectivity index (χ1v) is 5.24. The van der Waals surface area contributed by atoms with Crippen LogP contribution in [0.1, 0.15) is 5.56 Å². The zero-order valence-corrected chi connectivity index (χ0v) is 8.77. The van der Waals surface area contributed by atoms with Gasteiger partial charge in [-0.25, -0.2) is 9.97 Å². The van der Waals surface area contributed by atoms with Gasteiger partial charge in [0.25, 0.3) is 0 Å². The molecule has 0 bridgehead atoms. The molecule has 1 aromatic heterocycles. The van der Waals surface area contributed by atoms with E-state index in [0.717, 1.165) is 0 Å². The van der Waals surface area contributed by atoms with Gasteiger partial charge in [-0.15, -0.1) is 0 Å². The fourth-order valence-corrected chi connectivity index (χ4v) is 1.03. The van der Waals surface area contributed by atoms with Crippen molar-refractivity contribution in [3.8, 4) is 6.01 Å². The van der Waals surface area contributed by atoms with Crippen molar-refractivity contribution in [2.24, 2.45) is 0 Å². The summed E-state index contributed by atoms with van der Waals surface area (Å²) in [6, 6.07) is -1.36. The van der Waals surface area contributed by atoms with Gasteiger partial charge in [0.2, 0.25) is 0 Å². The molecule has 0 atom stereocenters. The van der Waals surface area contributed by atoms with Crippen LogP contribution in [-0.4, -0.2) is 23.9 Å². The molecule has 0 aromatic carbocycles. The molecule has 0 aliphatic rings. The lowest BCUT2D eigenvalue weighted by Crippen LogP contribution is -2.28. The third-order valence-corrected chi connectivity index (χ3v) is 2.36. The molecule has 1 aromatic rings. The summed E-state index contributed by atoms with van der Waals surface area (Å²) in [7, 11) is -6.01. The van der Waals surface area contributed by atoms with Crippen LogP contribution in [0.25, 0.3) is 0 Å². The molecular weight excluding hydrogens is 294 g/mol. The van der Waals surface area contributed by atoms with Crippen LogP contribution in [0, 0.1) is 0 Å². The molecule has 0 unspecified atom stereocenters. The Bertz CT molecular complexity index is 520. The number of nitrogens with zero attached hydrogens (tertiary/aromatic N) is 2. The second-order valence-corrected chi connectivity index (χ2v) is 4.27. The summed E-state index contributed by atoms with van der Waals surface area (Å²) in [5.74, 6) is 0. The summed E-state index contributed by atoms with van der Waals surface area (Å²) in [6.07, 6.45) is -4.62. The van der Waals surface area contributed by atoms with Gasteiger partial charge in [0.1, 0.15) is 0 Å². The first-order valence-electron chi connectivity index (χ1n) is 3.83. The van der Waals surface area contributed by atoms with Crippen molar-refractivity contribution in [1.29, 1.82) is 0 Å². The van der Waals surface area contributed by atoms with Gasteiger partial charge in [-0.05, 0) is 0 Å². The number of aromatic nitrogens is 2. The molecule has 1 heterocycles. The first-order chi connectivity index (χ1) is 7.93. The highest BCUT2D eigenvalue weighted by Crippen LogP contribution is 2.29. The maximum atomic E-state index is 12.0. The topological polar surface area (TPSA) is 69.2 Å². The van der Waals surface area contributed by atoms with E-state index in [4.69, 9.17) is 0 Å². The van der Waals surface area contributed by atoms with Crippen LogP contribution in [0.3, 0.4) is 0 Å². The van der Waals surface area contributed by atoms with Gasteiger partial charge in [-0.2, -0.15) is 34.8 Å². The smallest absolute Gasteiger partial charge is 0.337 e. The molecule has 102 valence electrons. The molecule has 0 aliphatic carbocycles. The van der Waals surface area contributed by atoms with E-state index < -0.39 is 33.4 Å². The second kappa shape index (κ2) is 4.26. The van der Waals surface area contributed by atoms with Crippen molar-refractivity contribution < 1.29 is 38.9 Å². The molecule has 18 heavy (non-hydrogen) atoms. The van der Waals surface area contributed by atoms with E-state index in [1.54, 1.807) is 0 Å². The monoisotopic (exact) mass is 296 g/mol. The zero-order chi connectivity index (χ0) is 14.2. The predicted octanol–water partition coefficient (Wildman–Crippen LogP) is 1.72. The van der Waals surface area contributed by atoms with Gasteiger partial charge in [0.15, 0.2) is 0 Å². The van der Waals surface area contributed by atoms with Crippen LogP contribution in [0.5, 0.6) is 6.01 Å². The highest BCUT2D eigenvalue weighted by molar-refractivity contribution is 7.87. The van der Waals surface area contributed by atoms with E-state index in [0.29, 0.717) is 0 Å². The quantitative estimate of drug-likeness (QED) is 0.472. The van der Waals surface area contributed by atoms with Gasteiger partial charge in [0.05, 0.1) is 5.56 Å². The van der Waals surface area contributed by atoms with Crippen LogP contribution < -0.4 is 4.18 Å². The largest absolute Gasteiger partial charge is 0.534 e. The molecule has 12 heteroatoms. The maximum Gasteiger partial charge on any atom is 0.534 e. The molecular formula is C6H2F6N2O3S. The Morgan fingerprint density at radius 1 is 1.00 bits per heavy atom. The van der Waals surface area contributed by atoms with E-state index in [2.05, 4.69) is 14.2 Å². The van der Waals surface area contributed by atoms with E-state index in [9.17, 15) is 34.8 Å². The van der Waals surface area contributed by atoms with Gasteiger partial charge in [-0.1, -0.05) is 0 Å². The van der Waals surface area contributed by atoms with Crippen LogP contribution in [0.4, 0.5) is 26.3 Å². The first kappa shape index (κ1) is 14.5. The van der Waals surface area contributed by atoms with E-state index >= 15 is 0 Å². The maximum absolute atomic E-state index is 12.0. The molecule has 0 amide bonds. The SMILES string of the molecule is O=S(=O)(Oc1ncc(C(F)(F)F)cn1)C(F)(F)F. The van der Waals surface area contributed by atoms with Crippen LogP contribution >= 0.6 is 0 Å². The molecule has 0 fully saturated rings. The summed E-state index contributed by atoms with van der Waals surface area (Å²) < 4.78 is 95.9. The van der Waals surface area contributed by atoms with Gasteiger partial charge in [0, 0.05) is 12.4 Å². The number of hydrogen-bond acceptors (Lipinski definition) is 5. The Balaban J connectivity index is 2.96. The van der Waals surface area contributed by atoms with Crippen LogP contribution in [0.2, 0.25) is 0 Å². The molecule has 0 N–H and O–H groups in total. The predicted molar refractivity (Wildman–Crippen MR) is 42.6 cm³/mol. The molecule has 0 saturated carbocycles. The number of alkyl halides is 6. The summed E-state index contributed by atoms with van der Waals surface area (Å²) in [5.41, 5.74) is -7.08. The van der Waals surface area contributed by atoms with Crippen LogP contribution in [-0.2, 0) is 16.3 Å². The van der Waals surface area contributed by atoms with Crippen molar-refractivity contribution in [2.45, 2.75) is 11.7 Å². The van der Waals surface area contributed by atoms with E-state index in [1.807, 2.05) is 0 Å². The lowest BCUT2D eigenvalue weighted by Gasteiger charge is -2.08. The van der Waals surface area contributed by atoms with Gasteiger partial charge in [-0.3, -0.25) is 0 Å². The van der Waals surface area contributed by atoms with Crippen LogP contribution in [0.15, 0.2) is 12.4 Å². The van der Waals surface area contributed by atoms with E-state index in [-0.39, 0.29) is 12.4 Å². The molecule has 0 spiro atoms. The molecule has 0 aliphatic heterocycles. The summed E-state index contributed by atoms with van der Waals surface area (Å²) in [5, 5.41) is 0. The van der Waals surface area contributed by atoms with Crippen molar-refractivity contribution >= 4 is 10.1 Å². The lowest BCUT2D eigenvalue weighted by atomic mass is 10.3. The third-order valence-electron chi connectivity index (χ3n) is 1.42. The highest BCUT2D eigenvalue weighted by atomic mass is 32.2. The van der Waals surface area contributed by atoms with Crippen molar-refractivity contribution in [2.75, 3.05) is 0 Å². The minimum atomic E-state index is -6.01. The second-order valence-electron chi connectivity index (χ2n) is 2.74. The Morgan fingerprint density at radius 2 is 1.44 bits per heavy atom. The van der Waals surface area contributed by atoms with Crippen molar-refractivity contribution in [1.82, 2.24) is 9.97 Å². The molecule has 5 nitrogen and oxygen atoms in total. The summed E-state index contributed by atoms with van der Waals surface area (Å²) in [4.78, 5) is 5.42. The number of hydrogen-bond donors (Lipinski definition) is 0. The number of rotatable bonds is 2. The summed E-state index contributed by atoms with van der Waals surface area (Å²) >= 11 is 0. The fourth-order valence-electron chi connectivity index (χ4n) is 0.651. The van der Waals surface area contributed by atoms with Gasteiger partial charge < -0.3 is 4.18 Å². The standard InChI is InChI=1S/C6H2F6N2O3S/c7-5(8,9)3-1-13-4(14-2-3)17-18(15,16)6(10,11)12/h1-2H. The van der Waals surface area contributed by atoms with Gasteiger partial charge >= 0.3 is 27.8 Å². The third kappa shape index (κ3) is 3.21. The fraction of sp³-hybridized carbons (Fsp3) is 0.333. The average Bonchev–Trinajstić information content (AvgIpc) is 2.14. The minimum Gasteiger partial charge on any atom is -0.337 e. The van der Waals surface area contributed by atoms with Crippen molar-refractivity contribution in [3.05, 3.63) is 18.0 Å². The molecule has 0 saturated heterocycles. The van der Waals surface area contributed by atoms with Crippen molar-refractivity contribution in [3.63, 3.8) is 0 Å². The Hall–Kier alpha value is -1.59. The lowest BCUT2D eigenvalue weighted by molar-refractivity contribution is -0.138. The Labute approximate surface area is 95.5 Å². The highest BCUT2D eigenvalue weighted by Gasteiger charge is 2.49. The average molecular weight is 296 g/mol. The molecule has 1 rings (SSSR count). The molecule has 0 radical (unpaired) electrons. The normalized spacial score (nSPS) is 13.4. The number of halogens is 6. The van der Waals surface area contributed by atoms with E-state index in [1.165, 1.54) is 0 Å².